The smallest absolute Gasteiger partial charge is 0.230 e. The van der Waals surface area contributed by atoms with Gasteiger partial charge in [-0.15, -0.1) is 11.8 Å². The minimum atomic E-state index is -0.415. The molecule has 0 radical (unpaired) electrons. The maximum Gasteiger partial charge on any atom is 0.230 e. The third kappa shape index (κ3) is 4.65. The number of carbonyl (C=O) groups excluding carboxylic acids is 1. The molecule has 0 bridgehead atoms. The van der Waals surface area contributed by atoms with Crippen LogP contribution in [0.1, 0.15) is 12.2 Å². The highest BCUT2D eigenvalue weighted by Crippen LogP contribution is 2.32. The van der Waals surface area contributed by atoms with E-state index in [0.717, 1.165) is 4.90 Å². The Morgan fingerprint density at radius 3 is 2.66 bits per heavy atom. The van der Waals surface area contributed by atoms with Crippen LogP contribution < -0.4 is 4.90 Å². The summed E-state index contributed by atoms with van der Waals surface area (Å²) in [5, 5.41) is 0.429. The summed E-state index contributed by atoms with van der Waals surface area (Å²) < 4.78 is 33.1. The van der Waals surface area contributed by atoms with Gasteiger partial charge in [0.1, 0.15) is 22.9 Å². The van der Waals surface area contributed by atoms with Crippen molar-refractivity contribution in [2.45, 2.75) is 17.9 Å². The summed E-state index contributed by atoms with van der Waals surface area (Å²) in [6.07, 6.45) is 1.79. The third-order valence-corrected chi connectivity index (χ3v) is 6.24. The molecule has 0 atom stereocenters. The lowest BCUT2D eigenvalue weighted by Crippen LogP contribution is -2.30. The monoisotopic (exact) mass is 430 g/mol. The average molecular weight is 431 g/mol. The number of anilines is 1. The second kappa shape index (κ2) is 8.75. The number of fused-ring (bicyclic) bond motifs is 1. The van der Waals surface area contributed by atoms with Crippen molar-refractivity contribution in [1.29, 1.82) is 0 Å². The lowest BCUT2D eigenvalue weighted by molar-refractivity contribution is -0.118. The van der Waals surface area contributed by atoms with Gasteiger partial charge in [-0.3, -0.25) is 9.69 Å². The Balaban J connectivity index is 1.52. The van der Waals surface area contributed by atoms with Gasteiger partial charge in [0.25, 0.3) is 0 Å². The van der Waals surface area contributed by atoms with Crippen LogP contribution in [0.4, 0.5) is 13.9 Å². The number of hydrogen-bond donors (Lipinski definition) is 0. The molecule has 1 amide bonds. The molecule has 0 N–H and O–H groups in total. The number of halogens is 2. The molecule has 0 aliphatic rings. The van der Waals surface area contributed by atoms with Crippen LogP contribution in [0.5, 0.6) is 0 Å². The molecule has 0 saturated heterocycles. The van der Waals surface area contributed by atoms with E-state index in [-0.39, 0.29) is 30.2 Å². The maximum atomic E-state index is 14.1. The first-order valence-corrected chi connectivity index (χ1v) is 10.7. The Labute approximate surface area is 174 Å². The summed E-state index contributed by atoms with van der Waals surface area (Å²) in [4.78, 5) is 19.7. The van der Waals surface area contributed by atoms with Gasteiger partial charge in [0.2, 0.25) is 5.91 Å². The summed E-state index contributed by atoms with van der Waals surface area (Å²) >= 11 is 2.74. The Kier molecular flexibility index (Phi) is 5.92. The molecule has 0 fully saturated rings. The topological polar surface area (TPSA) is 46.3 Å². The van der Waals surface area contributed by atoms with Gasteiger partial charge in [0.05, 0.1) is 17.5 Å². The zero-order chi connectivity index (χ0) is 20.2. The van der Waals surface area contributed by atoms with Crippen LogP contribution in [0.2, 0.25) is 0 Å². The van der Waals surface area contributed by atoms with Gasteiger partial charge in [0.15, 0.2) is 5.13 Å². The molecular formula is C21H16F2N2O2S2. The summed E-state index contributed by atoms with van der Waals surface area (Å²) in [7, 11) is 0. The van der Waals surface area contributed by atoms with Crippen LogP contribution >= 0.6 is 23.1 Å². The van der Waals surface area contributed by atoms with Gasteiger partial charge < -0.3 is 4.42 Å². The standard InChI is InChI=1S/C21H16F2N2O2S2/c22-14-6-8-16(9-7-14)28-12-10-19(26)25(13-15-3-2-11-27-15)21-24-20-17(23)4-1-5-18(20)29-21/h1-9,11H,10,12-13H2. The number of rotatable bonds is 7. The average Bonchev–Trinajstić information content (AvgIpc) is 3.37. The van der Waals surface area contributed by atoms with Crippen LogP contribution in [0.3, 0.4) is 0 Å². The number of hydrogen-bond acceptors (Lipinski definition) is 5. The molecule has 4 rings (SSSR count). The molecule has 2 heterocycles. The summed E-state index contributed by atoms with van der Waals surface area (Å²) in [5.41, 5.74) is 0.255. The molecule has 29 heavy (non-hydrogen) atoms. The van der Waals surface area contributed by atoms with Gasteiger partial charge in [-0.05, 0) is 48.5 Å². The predicted octanol–water partition coefficient (Wildman–Crippen LogP) is 5.88. The van der Waals surface area contributed by atoms with E-state index < -0.39 is 5.82 Å². The zero-order valence-electron chi connectivity index (χ0n) is 15.2. The molecule has 2 aromatic carbocycles. The number of nitrogens with zero attached hydrogens (tertiary/aromatic N) is 2. The van der Waals surface area contributed by atoms with Crippen LogP contribution in [0, 0.1) is 11.6 Å². The molecule has 0 unspecified atom stereocenters. The van der Waals surface area contributed by atoms with Crippen LogP contribution in [0.15, 0.2) is 70.2 Å². The fraction of sp³-hybridized carbons (Fsp3) is 0.143. The molecule has 0 aliphatic carbocycles. The normalized spacial score (nSPS) is 11.1. The van der Waals surface area contributed by atoms with Crippen molar-refractivity contribution in [2.24, 2.45) is 0 Å². The number of carbonyl (C=O) groups is 1. The molecule has 0 aliphatic heterocycles. The van der Waals surface area contributed by atoms with E-state index in [1.54, 1.807) is 42.7 Å². The van der Waals surface area contributed by atoms with E-state index in [1.807, 2.05) is 0 Å². The largest absolute Gasteiger partial charge is 0.467 e. The second-order valence-electron chi connectivity index (χ2n) is 6.19. The number of amides is 1. The first-order valence-electron chi connectivity index (χ1n) is 8.86. The minimum Gasteiger partial charge on any atom is -0.467 e. The third-order valence-electron chi connectivity index (χ3n) is 4.18. The fourth-order valence-electron chi connectivity index (χ4n) is 2.76. The van der Waals surface area contributed by atoms with Gasteiger partial charge >= 0.3 is 0 Å². The number of thiazole rings is 1. The zero-order valence-corrected chi connectivity index (χ0v) is 16.8. The number of thioether (sulfide) groups is 1. The number of furan rings is 1. The van der Waals surface area contributed by atoms with Crippen molar-refractivity contribution >= 4 is 44.4 Å². The lowest BCUT2D eigenvalue weighted by atomic mass is 10.3. The van der Waals surface area contributed by atoms with Crippen molar-refractivity contribution in [3.05, 3.63) is 78.3 Å². The van der Waals surface area contributed by atoms with Gasteiger partial charge in [-0.2, -0.15) is 0 Å². The minimum absolute atomic E-state index is 0.143. The highest BCUT2D eigenvalue weighted by atomic mass is 32.2. The second-order valence-corrected chi connectivity index (χ2v) is 8.37. The van der Waals surface area contributed by atoms with Crippen molar-refractivity contribution < 1.29 is 18.0 Å². The van der Waals surface area contributed by atoms with Gasteiger partial charge in [-0.1, -0.05) is 17.4 Å². The molecule has 4 aromatic rings. The first-order chi connectivity index (χ1) is 14.1. The van der Waals surface area contributed by atoms with Crippen LogP contribution in [-0.4, -0.2) is 16.6 Å². The van der Waals surface area contributed by atoms with Crippen LogP contribution in [-0.2, 0) is 11.3 Å². The molecule has 0 spiro atoms. The molecule has 4 nitrogen and oxygen atoms in total. The highest BCUT2D eigenvalue weighted by molar-refractivity contribution is 7.99. The Morgan fingerprint density at radius 1 is 1.10 bits per heavy atom. The number of para-hydroxylation sites is 1. The quantitative estimate of drug-likeness (QED) is 0.343. The summed E-state index contributed by atoms with van der Waals surface area (Å²) in [6, 6.07) is 14.4. The van der Waals surface area contributed by atoms with E-state index in [0.29, 0.717) is 21.3 Å². The van der Waals surface area contributed by atoms with Crippen molar-refractivity contribution in [2.75, 3.05) is 10.7 Å². The lowest BCUT2D eigenvalue weighted by Gasteiger charge is -2.18. The first kappa shape index (κ1) is 19.6. The predicted molar refractivity (Wildman–Crippen MR) is 111 cm³/mol. The van der Waals surface area contributed by atoms with Crippen molar-refractivity contribution in [1.82, 2.24) is 4.98 Å². The van der Waals surface area contributed by atoms with E-state index >= 15 is 0 Å². The molecule has 8 heteroatoms. The van der Waals surface area contributed by atoms with Crippen molar-refractivity contribution in [3.8, 4) is 0 Å². The SMILES string of the molecule is O=C(CCSc1ccc(F)cc1)N(Cc1ccco1)c1nc2c(F)cccc2s1. The highest BCUT2D eigenvalue weighted by Gasteiger charge is 2.22. The van der Waals surface area contributed by atoms with E-state index in [2.05, 4.69) is 4.98 Å². The van der Waals surface area contributed by atoms with E-state index in [9.17, 15) is 13.6 Å². The summed E-state index contributed by atoms with van der Waals surface area (Å²) in [6.45, 7) is 0.217. The Morgan fingerprint density at radius 2 is 1.93 bits per heavy atom. The van der Waals surface area contributed by atoms with Crippen LogP contribution in [0.25, 0.3) is 10.2 Å². The Hall–Kier alpha value is -2.71. The Bertz CT molecular complexity index is 1110. The van der Waals surface area contributed by atoms with E-state index in [4.69, 9.17) is 4.42 Å². The van der Waals surface area contributed by atoms with Gasteiger partial charge in [-0.25, -0.2) is 13.8 Å². The van der Waals surface area contributed by atoms with Crippen molar-refractivity contribution in [3.63, 3.8) is 0 Å². The molecule has 0 saturated carbocycles. The fourth-order valence-corrected chi connectivity index (χ4v) is 4.60. The summed E-state index contributed by atoms with van der Waals surface area (Å²) in [5.74, 6) is 0.290. The number of benzene rings is 2. The maximum absolute atomic E-state index is 14.1. The van der Waals surface area contributed by atoms with Gasteiger partial charge in [0, 0.05) is 17.1 Å². The molecule has 2 aromatic heterocycles. The van der Waals surface area contributed by atoms with E-state index in [1.165, 1.54) is 46.2 Å². The molecular weight excluding hydrogens is 414 g/mol. The molecule has 148 valence electrons. The number of aromatic nitrogens is 1.